The summed E-state index contributed by atoms with van der Waals surface area (Å²) in [5.41, 5.74) is 8.94. The zero-order valence-electron chi connectivity index (χ0n) is 7.87. The summed E-state index contributed by atoms with van der Waals surface area (Å²) in [6, 6.07) is 0. The van der Waals surface area contributed by atoms with Gasteiger partial charge in [-0.15, -0.1) is 0 Å². The Hall–Kier alpha value is -1.01. The monoisotopic (exact) mass is 228 g/mol. The van der Waals surface area contributed by atoms with Crippen LogP contribution in [0.2, 0.25) is 0 Å². The molecule has 0 fully saturated rings. The minimum atomic E-state index is -0.833. The van der Waals surface area contributed by atoms with Crippen LogP contribution in [-0.4, -0.2) is 22.8 Å². The molecule has 0 bridgehead atoms. The molecule has 0 saturated heterocycles. The van der Waals surface area contributed by atoms with Gasteiger partial charge in [-0.2, -0.15) is 0 Å². The Bertz CT molecular complexity index is 121. The summed E-state index contributed by atoms with van der Waals surface area (Å²) in [7, 11) is 0. The number of nitrogens with two attached hydrogens (primary N) is 2. The van der Waals surface area contributed by atoms with Crippen molar-refractivity contribution in [2.45, 2.75) is 20.8 Å². The first kappa shape index (κ1) is 22.7. The molecule has 0 atom stereocenters. The molecule has 0 aliphatic rings. The smallest absolute Gasteiger partial charge is 0.300 e. The number of aliphatic carboxylic acids is 1. The number of carbonyl (C=O) groups excluding carboxylic acids is 1. The molecule has 0 aliphatic carbocycles. The zero-order chi connectivity index (χ0) is 10.7. The first-order valence-corrected chi connectivity index (χ1v) is 2.96. The summed E-state index contributed by atoms with van der Waals surface area (Å²) in [6.45, 7) is 4.14. The number of rotatable bonds is 0. The Kier molecular flexibility index (Phi) is 30.0. The first-order valence-electron chi connectivity index (χ1n) is 2.96. The van der Waals surface area contributed by atoms with Gasteiger partial charge in [-0.3, -0.25) is 10.2 Å². The van der Waals surface area contributed by atoms with Gasteiger partial charge < -0.3 is 21.4 Å². The fraction of sp³-hybridized carbons (Fsp3) is 0.500. The molecule has 0 aromatic heterocycles. The molecule has 0 aromatic carbocycles. The molecular formula is C6H15N3O3V. The molecule has 6 nitrogen and oxygen atoms in total. The number of carboxylic acids is 1. The third-order valence-corrected chi connectivity index (χ3v) is 0. The molecule has 6 N–H and O–H groups in total. The van der Waals surface area contributed by atoms with Crippen LogP contribution in [0, 0.1) is 5.41 Å². The Morgan fingerprint density at radius 3 is 1.15 bits per heavy atom. The van der Waals surface area contributed by atoms with Crippen molar-refractivity contribution in [3.8, 4) is 0 Å². The average Bonchev–Trinajstić information content (AvgIpc) is 1.54. The number of Topliss-reactive ketones (excluding diaryl/α,β-unsaturated/α-hetero) is 1. The van der Waals surface area contributed by atoms with Crippen LogP contribution in [0.3, 0.4) is 0 Å². The van der Waals surface area contributed by atoms with Gasteiger partial charge in [0.1, 0.15) is 5.78 Å². The summed E-state index contributed by atoms with van der Waals surface area (Å²) < 4.78 is 0. The van der Waals surface area contributed by atoms with Gasteiger partial charge in [-0.1, -0.05) is 0 Å². The second kappa shape index (κ2) is 17.2. The predicted octanol–water partition coefficient (Wildman–Crippen LogP) is -0.478. The van der Waals surface area contributed by atoms with Crippen LogP contribution >= 0.6 is 0 Å². The molecule has 0 amide bonds. The molecule has 0 spiro atoms. The molecule has 7 heteroatoms. The zero-order valence-corrected chi connectivity index (χ0v) is 9.26. The Morgan fingerprint density at radius 2 is 1.15 bits per heavy atom. The molecular weight excluding hydrogens is 213 g/mol. The molecule has 13 heavy (non-hydrogen) atoms. The molecule has 77 valence electrons. The number of ketones is 1. The van der Waals surface area contributed by atoms with E-state index in [1.807, 2.05) is 0 Å². The van der Waals surface area contributed by atoms with Crippen LogP contribution in [-0.2, 0) is 28.1 Å². The van der Waals surface area contributed by atoms with Crippen LogP contribution in [0.25, 0.3) is 0 Å². The van der Waals surface area contributed by atoms with Gasteiger partial charge in [0.15, 0.2) is 5.96 Å². The summed E-state index contributed by atoms with van der Waals surface area (Å²) in [5, 5.41) is 13.5. The van der Waals surface area contributed by atoms with Gasteiger partial charge in [-0.25, -0.2) is 0 Å². The summed E-state index contributed by atoms with van der Waals surface area (Å²) in [6.07, 6.45) is 0. The molecule has 0 aliphatic heterocycles. The maximum absolute atomic E-state index is 9.44. The average molecular weight is 228 g/mol. The molecule has 0 heterocycles. The second-order valence-electron chi connectivity index (χ2n) is 1.88. The van der Waals surface area contributed by atoms with E-state index in [-0.39, 0.29) is 30.3 Å². The molecule has 0 aromatic rings. The number of hydrogen-bond acceptors (Lipinski definition) is 3. The van der Waals surface area contributed by atoms with E-state index in [0.29, 0.717) is 0 Å². The van der Waals surface area contributed by atoms with E-state index >= 15 is 0 Å². The van der Waals surface area contributed by atoms with Crippen molar-refractivity contribution in [2.24, 2.45) is 11.5 Å². The molecule has 0 rings (SSSR count). The molecule has 1 radical (unpaired) electrons. The van der Waals surface area contributed by atoms with Gasteiger partial charge >= 0.3 is 0 Å². The molecule has 0 unspecified atom stereocenters. The second-order valence-corrected chi connectivity index (χ2v) is 1.88. The van der Waals surface area contributed by atoms with Crippen LogP contribution in [0.1, 0.15) is 20.8 Å². The first-order chi connectivity index (χ1) is 5.20. The van der Waals surface area contributed by atoms with E-state index in [2.05, 4.69) is 11.5 Å². The minimum absolute atomic E-state index is 0. The number of carbonyl (C=O) groups is 2. The van der Waals surface area contributed by atoms with Gasteiger partial charge in [-0.05, 0) is 13.8 Å². The number of guanidine groups is 1. The van der Waals surface area contributed by atoms with E-state index < -0.39 is 5.97 Å². The summed E-state index contributed by atoms with van der Waals surface area (Å²) >= 11 is 0. The van der Waals surface area contributed by atoms with Crippen molar-refractivity contribution < 1.29 is 33.3 Å². The maximum Gasteiger partial charge on any atom is 0.300 e. The fourth-order valence-electron chi connectivity index (χ4n) is 0. The normalized spacial score (nSPS) is 5.77. The summed E-state index contributed by atoms with van der Waals surface area (Å²) in [4.78, 5) is 18.4. The maximum atomic E-state index is 9.44. The third kappa shape index (κ3) is 880. The van der Waals surface area contributed by atoms with Crippen molar-refractivity contribution in [1.29, 1.82) is 5.41 Å². The predicted molar refractivity (Wildman–Crippen MR) is 45.8 cm³/mol. The van der Waals surface area contributed by atoms with E-state index in [4.69, 9.17) is 15.3 Å². The van der Waals surface area contributed by atoms with E-state index in [1.165, 1.54) is 13.8 Å². The van der Waals surface area contributed by atoms with E-state index in [1.54, 1.807) is 0 Å². The Balaban J connectivity index is -0.0000000450. The van der Waals surface area contributed by atoms with Crippen molar-refractivity contribution >= 4 is 17.7 Å². The van der Waals surface area contributed by atoms with Crippen LogP contribution in [0.5, 0.6) is 0 Å². The minimum Gasteiger partial charge on any atom is -0.481 e. The fourth-order valence-corrected chi connectivity index (χ4v) is 0. The van der Waals surface area contributed by atoms with Crippen LogP contribution < -0.4 is 11.5 Å². The van der Waals surface area contributed by atoms with Crippen molar-refractivity contribution in [2.75, 3.05) is 0 Å². The van der Waals surface area contributed by atoms with Crippen LogP contribution in [0.15, 0.2) is 0 Å². The Morgan fingerprint density at radius 1 is 1.15 bits per heavy atom. The topological polar surface area (TPSA) is 130 Å². The largest absolute Gasteiger partial charge is 0.481 e. The van der Waals surface area contributed by atoms with Crippen LogP contribution in [0.4, 0.5) is 0 Å². The number of hydrogen-bond donors (Lipinski definition) is 4. The van der Waals surface area contributed by atoms with E-state index in [9.17, 15) is 4.79 Å². The number of carboxylic acid groups (broad SMARTS) is 1. The van der Waals surface area contributed by atoms with Gasteiger partial charge in [0.2, 0.25) is 0 Å². The standard InChI is InChI=1S/C3H6O.C2H4O2.CH5N3.V/c1-3(2)4;1-2(3)4;2-1(3)4;/h1-2H3;1H3,(H,3,4);(H5,2,3,4);. The molecule has 0 saturated carbocycles. The quantitative estimate of drug-likeness (QED) is 0.328. The summed E-state index contributed by atoms with van der Waals surface area (Å²) in [5.74, 6) is -1.000. The van der Waals surface area contributed by atoms with Crippen molar-refractivity contribution in [3.05, 3.63) is 0 Å². The van der Waals surface area contributed by atoms with Gasteiger partial charge in [0.05, 0.1) is 0 Å². The number of nitrogens with one attached hydrogen (secondary N) is 1. The third-order valence-electron chi connectivity index (χ3n) is 0. The van der Waals surface area contributed by atoms with Gasteiger partial charge in [0.25, 0.3) is 5.97 Å². The Labute approximate surface area is 89.1 Å². The SMILES string of the molecule is CC(=O)O.CC(C)=O.N=C(N)N.[V]. The van der Waals surface area contributed by atoms with Gasteiger partial charge in [0, 0.05) is 25.5 Å². The van der Waals surface area contributed by atoms with Crippen molar-refractivity contribution in [3.63, 3.8) is 0 Å². The van der Waals surface area contributed by atoms with Crippen molar-refractivity contribution in [1.82, 2.24) is 0 Å². The van der Waals surface area contributed by atoms with E-state index in [0.717, 1.165) is 6.92 Å².